The highest BCUT2D eigenvalue weighted by atomic mass is 16.2. The highest BCUT2D eigenvalue weighted by Crippen LogP contribution is 2.25. The fourth-order valence-electron chi connectivity index (χ4n) is 3.30. The molecular formula is C20H23N7O5. The highest BCUT2D eigenvalue weighted by molar-refractivity contribution is 5.96. The minimum atomic E-state index is -0.727. The number of anilines is 4. The zero-order chi connectivity index (χ0) is 23.1. The molecule has 2 atom stereocenters. The fraction of sp³-hybridized carbons (Fsp3) is 0.300. The summed E-state index contributed by atoms with van der Waals surface area (Å²) in [4.78, 5) is 65.3. The number of fused-ring (bicyclic) bond motifs is 1. The number of nitrogen functional groups attached to an aromatic ring is 1. The Bertz CT molecular complexity index is 1050. The molecule has 0 saturated carbocycles. The van der Waals surface area contributed by atoms with Gasteiger partial charge in [0.2, 0.25) is 12.4 Å². The maximum absolute atomic E-state index is 12.3. The van der Waals surface area contributed by atoms with Gasteiger partial charge < -0.3 is 36.2 Å². The highest BCUT2D eigenvalue weighted by Gasteiger charge is 2.29. The number of aromatic amines is 1. The van der Waals surface area contributed by atoms with Crippen LogP contribution in [-0.2, 0) is 14.4 Å². The number of hydrogen-bond acceptors (Lipinski definition) is 9. The van der Waals surface area contributed by atoms with Crippen LogP contribution in [0.25, 0.3) is 0 Å². The number of aromatic nitrogens is 2. The van der Waals surface area contributed by atoms with Crippen LogP contribution in [0.1, 0.15) is 23.2 Å². The number of carbonyl (C=O) groups is 4. The molecule has 0 aliphatic carbocycles. The second-order valence-corrected chi connectivity index (χ2v) is 7.11. The number of nitrogens with zero attached hydrogens (tertiary/aromatic N) is 2. The monoisotopic (exact) mass is 441 g/mol. The zero-order valence-corrected chi connectivity index (χ0v) is 17.0. The van der Waals surface area contributed by atoms with Crippen molar-refractivity contribution in [3.05, 3.63) is 40.2 Å². The van der Waals surface area contributed by atoms with Crippen LogP contribution in [0, 0.1) is 0 Å². The van der Waals surface area contributed by atoms with E-state index >= 15 is 0 Å². The number of benzene rings is 1. The van der Waals surface area contributed by atoms with Crippen molar-refractivity contribution < 1.29 is 19.2 Å². The Morgan fingerprint density at radius 1 is 1.28 bits per heavy atom. The minimum absolute atomic E-state index is 0.0454. The van der Waals surface area contributed by atoms with Gasteiger partial charge in [0.25, 0.3) is 11.5 Å². The number of rotatable bonds is 10. The topological polar surface area (TPSA) is 179 Å². The minimum Gasteiger partial charge on any atom is -0.383 e. The molecule has 2 unspecified atom stereocenters. The maximum atomic E-state index is 12.3. The molecule has 3 rings (SSSR count). The molecule has 1 aromatic heterocycles. The molecule has 0 radical (unpaired) electrons. The Balaban J connectivity index is 1.62. The van der Waals surface area contributed by atoms with Crippen LogP contribution in [0.5, 0.6) is 0 Å². The molecule has 1 aliphatic heterocycles. The third-order valence-electron chi connectivity index (χ3n) is 4.95. The molecule has 12 nitrogen and oxygen atoms in total. The van der Waals surface area contributed by atoms with E-state index in [-0.39, 0.29) is 36.3 Å². The van der Waals surface area contributed by atoms with Crippen LogP contribution in [0.15, 0.2) is 29.1 Å². The van der Waals surface area contributed by atoms with Gasteiger partial charge in [-0.3, -0.25) is 19.4 Å². The Hall–Kier alpha value is -4.22. The Kier molecular flexibility index (Phi) is 7.16. The largest absolute Gasteiger partial charge is 0.383 e. The lowest BCUT2D eigenvalue weighted by atomic mass is 10.1. The number of H-pyrrole nitrogens is 1. The average Bonchev–Trinajstić information content (AvgIpc) is 2.80. The Labute approximate surface area is 182 Å². The van der Waals surface area contributed by atoms with Crippen LogP contribution < -0.4 is 32.1 Å². The summed E-state index contributed by atoms with van der Waals surface area (Å²) in [6.07, 6.45) is 2.29. The molecule has 0 fully saturated rings. The lowest BCUT2D eigenvalue weighted by Gasteiger charge is -2.34. The van der Waals surface area contributed by atoms with Gasteiger partial charge in [-0.05, 0) is 30.7 Å². The van der Waals surface area contributed by atoms with Gasteiger partial charge >= 0.3 is 0 Å². The van der Waals surface area contributed by atoms with Crippen molar-refractivity contribution in [2.24, 2.45) is 0 Å². The fourth-order valence-corrected chi connectivity index (χ4v) is 3.30. The van der Waals surface area contributed by atoms with Crippen molar-refractivity contribution in [3.63, 3.8) is 0 Å². The summed E-state index contributed by atoms with van der Waals surface area (Å²) in [6.45, 7) is 0.669. The number of carbonyl (C=O) groups excluding carboxylic acids is 4. The first-order valence-corrected chi connectivity index (χ1v) is 9.87. The van der Waals surface area contributed by atoms with E-state index in [1.807, 2.05) is 0 Å². The third kappa shape index (κ3) is 5.09. The van der Waals surface area contributed by atoms with Crippen LogP contribution in [0.2, 0.25) is 0 Å². The summed E-state index contributed by atoms with van der Waals surface area (Å²) in [5.41, 5.74) is 6.16. The summed E-state index contributed by atoms with van der Waals surface area (Å²) in [7, 11) is 0. The molecule has 1 aliphatic rings. The summed E-state index contributed by atoms with van der Waals surface area (Å²) in [6, 6.07) is 5.43. The SMILES string of the molecule is Nc1nc2c(c(=O)[nH]1)N(C=O)C(CNc1ccc(C(=O)NC(C=O)CCC=O)cc1)CN2. The predicted molar refractivity (Wildman–Crippen MR) is 118 cm³/mol. The van der Waals surface area contributed by atoms with E-state index in [2.05, 4.69) is 25.9 Å². The van der Waals surface area contributed by atoms with Gasteiger partial charge in [0.05, 0.1) is 12.1 Å². The zero-order valence-electron chi connectivity index (χ0n) is 17.0. The van der Waals surface area contributed by atoms with E-state index in [0.29, 0.717) is 43.3 Å². The third-order valence-corrected chi connectivity index (χ3v) is 4.95. The summed E-state index contributed by atoms with van der Waals surface area (Å²) >= 11 is 0. The summed E-state index contributed by atoms with van der Waals surface area (Å²) in [5.74, 6) is -0.228. The van der Waals surface area contributed by atoms with E-state index in [1.165, 1.54) is 4.90 Å². The van der Waals surface area contributed by atoms with Gasteiger partial charge in [-0.2, -0.15) is 4.98 Å². The first-order valence-electron chi connectivity index (χ1n) is 9.87. The summed E-state index contributed by atoms with van der Waals surface area (Å²) in [5, 5.41) is 8.73. The number of nitrogens with one attached hydrogen (secondary N) is 4. The van der Waals surface area contributed by atoms with E-state index < -0.39 is 17.5 Å². The molecule has 0 saturated heterocycles. The van der Waals surface area contributed by atoms with Crippen molar-refractivity contribution >= 4 is 48.0 Å². The van der Waals surface area contributed by atoms with Crippen molar-refractivity contribution in [1.82, 2.24) is 15.3 Å². The van der Waals surface area contributed by atoms with Crippen LogP contribution in [0.3, 0.4) is 0 Å². The molecule has 0 bridgehead atoms. The number of aldehydes is 2. The quantitative estimate of drug-likeness (QED) is 0.304. The molecule has 2 heterocycles. The molecule has 168 valence electrons. The summed E-state index contributed by atoms with van der Waals surface area (Å²) < 4.78 is 0. The van der Waals surface area contributed by atoms with Crippen molar-refractivity contribution in [2.45, 2.75) is 24.9 Å². The second-order valence-electron chi connectivity index (χ2n) is 7.11. The molecule has 12 heteroatoms. The van der Waals surface area contributed by atoms with Gasteiger partial charge in [-0.1, -0.05) is 0 Å². The van der Waals surface area contributed by atoms with Crippen molar-refractivity contribution in [3.8, 4) is 0 Å². The van der Waals surface area contributed by atoms with Crippen molar-refractivity contribution in [2.75, 3.05) is 34.4 Å². The van der Waals surface area contributed by atoms with Crippen LogP contribution in [-0.4, -0.2) is 60.0 Å². The lowest BCUT2D eigenvalue weighted by molar-refractivity contribution is -0.110. The Morgan fingerprint density at radius 3 is 2.69 bits per heavy atom. The molecule has 32 heavy (non-hydrogen) atoms. The molecule has 1 aromatic carbocycles. The normalized spacial score (nSPS) is 15.6. The van der Waals surface area contributed by atoms with E-state index in [4.69, 9.17) is 5.73 Å². The molecule has 6 N–H and O–H groups in total. The first-order chi connectivity index (χ1) is 15.5. The average molecular weight is 441 g/mol. The number of hydrogen-bond donors (Lipinski definition) is 5. The molecule has 2 aromatic rings. The van der Waals surface area contributed by atoms with Gasteiger partial charge in [0, 0.05) is 30.8 Å². The first kappa shape index (κ1) is 22.5. The molecular weight excluding hydrogens is 418 g/mol. The van der Waals surface area contributed by atoms with E-state index in [0.717, 1.165) is 0 Å². The van der Waals surface area contributed by atoms with Gasteiger partial charge in [-0.15, -0.1) is 0 Å². The molecule has 2 amide bonds. The van der Waals surface area contributed by atoms with Crippen molar-refractivity contribution in [1.29, 1.82) is 0 Å². The van der Waals surface area contributed by atoms with Gasteiger partial charge in [0.1, 0.15) is 12.6 Å². The number of nitrogens with two attached hydrogens (primary N) is 1. The van der Waals surface area contributed by atoms with Gasteiger partial charge in [0.15, 0.2) is 11.5 Å². The number of amides is 2. The van der Waals surface area contributed by atoms with E-state index in [9.17, 15) is 24.0 Å². The predicted octanol–water partition coefficient (Wildman–Crippen LogP) is -0.502. The van der Waals surface area contributed by atoms with E-state index in [1.54, 1.807) is 24.3 Å². The maximum Gasteiger partial charge on any atom is 0.278 e. The standard InChI is InChI=1S/C20H23N7O5/c21-20-25-17-16(19(32)26-20)27(11-30)15(9-23-17)8-22-13-5-3-12(4-6-13)18(31)24-14(10-29)2-1-7-28/h3-7,10-11,14-15,22H,1-2,8-9H2,(H,24,31)(H4,21,23,25,26,32). The second kappa shape index (κ2) is 10.2. The van der Waals surface area contributed by atoms with Gasteiger partial charge in [-0.25, -0.2) is 0 Å². The van der Waals surface area contributed by atoms with Crippen LogP contribution >= 0.6 is 0 Å². The Morgan fingerprint density at radius 2 is 2.03 bits per heavy atom. The van der Waals surface area contributed by atoms with Crippen LogP contribution in [0.4, 0.5) is 23.1 Å². The lowest BCUT2D eigenvalue weighted by Crippen LogP contribution is -2.50. The smallest absolute Gasteiger partial charge is 0.278 e. The molecule has 0 spiro atoms.